The number of hydrogen-bond acceptors (Lipinski definition) is 3. The van der Waals surface area contributed by atoms with Crippen molar-refractivity contribution in [2.75, 3.05) is 26.2 Å². The van der Waals surface area contributed by atoms with Crippen LogP contribution >= 0.6 is 0 Å². The third kappa shape index (κ3) is 8.34. The van der Waals surface area contributed by atoms with Gasteiger partial charge in [-0.05, 0) is 36.0 Å². The van der Waals surface area contributed by atoms with Crippen LogP contribution in [0, 0.1) is 17.8 Å². The van der Waals surface area contributed by atoms with Gasteiger partial charge in [-0.2, -0.15) is 0 Å². The molecule has 0 unspecified atom stereocenters. The molecule has 0 atom stereocenters. The van der Waals surface area contributed by atoms with Gasteiger partial charge in [-0.1, -0.05) is 59.1 Å². The molecule has 2 rings (SSSR count). The second kappa shape index (κ2) is 11.3. The van der Waals surface area contributed by atoms with E-state index in [1.165, 1.54) is 24.8 Å². The summed E-state index contributed by atoms with van der Waals surface area (Å²) >= 11 is 0. The van der Waals surface area contributed by atoms with Gasteiger partial charge >= 0.3 is 0 Å². The molecule has 152 valence electrons. The number of likely N-dealkylation sites (tertiary alicyclic amines) is 1. The zero-order valence-electron chi connectivity index (χ0n) is 17.7. The van der Waals surface area contributed by atoms with Crippen LogP contribution in [0.25, 0.3) is 0 Å². The van der Waals surface area contributed by atoms with Gasteiger partial charge in [-0.25, -0.2) is 0 Å². The van der Waals surface area contributed by atoms with Crippen LogP contribution in [-0.2, 0) is 11.3 Å². The van der Waals surface area contributed by atoms with Gasteiger partial charge in [0.2, 0.25) is 5.91 Å². The normalized spacial score (nSPS) is 15.2. The number of nitrogens with zero attached hydrogens (tertiary/aromatic N) is 1. The van der Waals surface area contributed by atoms with Crippen molar-refractivity contribution in [1.29, 1.82) is 0 Å². The average Bonchev–Trinajstić information content (AvgIpc) is 2.59. The molecule has 4 heteroatoms. The molecule has 1 aromatic rings. The molecule has 1 N–H and O–H groups in total. The standard InChI is InChI=1S/C23H38N2O2/c1-18(2)8-6-5-7-13-27-22-11-9-20(10-12-22)15-25-16-21(17-25)23(26)24-14-19(3)4/h9-12,18-19,21H,5-8,13-17H2,1-4H3,(H,24,26). The summed E-state index contributed by atoms with van der Waals surface area (Å²) in [5, 5.41) is 3.03. The highest BCUT2D eigenvalue weighted by Crippen LogP contribution is 2.20. The zero-order valence-corrected chi connectivity index (χ0v) is 17.7. The number of rotatable bonds is 12. The summed E-state index contributed by atoms with van der Waals surface area (Å²) in [5.74, 6) is 2.62. The highest BCUT2D eigenvalue weighted by molar-refractivity contribution is 5.80. The monoisotopic (exact) mass is 374 g/mol. The Balaban J connectivity index is 1.59. The summed E-state index contributed by atoms with van der Waals surface area (Å²) in [6.07, 6.45) is 4.98. The van der Waals surface area contributed by atoms with Crippen LogP contribution in [0.3, 0.4) is 0 Å². The second-order valence-corrected chi connectivity index (χ2v) is 8.77. The number of ether oxygens (including phenoxy) is 1. The number of unbranched alkanes of at least 4 members (excludes halogenated alkanes) is 2. The minimum Gasteiger partial charge on any atom is -0.494 e. The van der Waals surface area contributed by atoms with Crippen molar-refractivity contribution in [3.05, 3.63) is 29.8 Å². The Morgan fingerprint density at radius 2 is 1.78 bits per heavy atom. The Hall–Kier alpha value is -1.55. The Bertz CT molecular complexity index is 548. The Morgan fingerprint density at radius 1 is 1.07 bits per heavy atom. The van der Waals surface area contributed by atoms with Crippen molar-refractivity contribution in [3.8, 4) is 5.75 Å². The molecule has 1 fully saturated rings. The lowest BCUT2D eigenvalue weighted by molar-refractivity contribution is -0.130. The fraction of sp³-hybridized carbons (Fsp3) is 0.696. The highest BCUT2D eigenvalue weighted by Gasteiger charge is 2.32. The molecule has 1 heterocycles. The van der Waals surface area contributed by atoms with E-state index < -0.39 is 0 Å². The molecule has 4 nitrogen and oxygen atoms in total. The van der Waals surface area contributed by atoms with E-state index in [4.69, 9.17) is 4.74 Å². The van der Waals surface area contributed by atoms with E-state index in [2.05, 4.69) is 62.2 Å². The van der Waals surface area contributed by atoms with E-state index in [1.54, 1.807) is 0 Å². The Morgan fingerprint density at radius 3 is 2.41 bits per heavy atom. The SMILES string of the molecule is CC(C)CCCCCOc1ccc(CN2CC(C(=O)NCC(C)C)C2)cc1. The van der Waals surface area contributed by atoms with Crippen molar-refractivity contribution < 1.29 is 9.53 Å². The van der Waals surface area contributed by atoms with Gasteiger partial charge in [0.05, 0.1) is 12.5 Å². The minimum absolute atomic E-state index is 0.155. The molecule has 1 amide bonds. The average molecular weight is 375 g/mol. The van der Waals surface area contributed by atoms with Crippen molar-refractivity contribution in [2.45, 2.75) is 59.9 Å². The smallest absolute Gasteiger partial charge is 0.225 e. The van der Waals surface area contributed by atoms with Gasteiger partial charge in [0.25, 0.3) is 0 Å². The largest absolute Gasteiger partial charge is 0.494 e. The van der Waals surface area contributed by atoms with Crippen LogP contribution in [-0.4, -0.2) is 37.0 Å². The summed E-state index contributed by atoms with van der Waals surface area (Å²) in [6.45, 7) is 13.0. The molecule has 0 bridgehead atoms. The van der Waals surface area contributed by atoms with Crippen LogP contribution < -0.4 is 10.1 Å². The third-order valence-electron chi connectivity index (χ3n) is 5.04. The van der Waals surface area contributed by atoms with Crippen LogP contribution in [0.1, 0.15) is 58.9 Å². The topological polar surface area (TPSA) is 41.6 Å². The number of carbonyl (C=O) groups excluding carboxylic acids is 1. The maximum Gasteiger partial charge on any atom is 0.225 e. The molecule has 0 aliphatic carbocycles. The van der Waals surface area contributed by atoms with Crippen LogP contribution in [0.4, 0.5) is 0 Å². The summed E-state index contributed by atoms with van der Waals surface area (Å²) in [4.78, 5) is 14.3. The fourth-order valence-electron chi connectivity index (χ4n) is 3.28. The van der Waals surface area contributed by atoms with Crippen molar-refractivity contribution in [3.63, 3.8) is 0 Å². The highest BCUT2D eigenvalue weighted by atomic mass is 16.5. The van der Waals surface area contributed by atoms with Gasteiger partial charge in [0.1, 0.15) is 5.75 Å². The number of carbonyl (C=O) groups is 1. The number of nitrogens with one attached hydrogen (secondary N) is 1. The zero-order chi connectivity index (χ0) is 19.6. The van der Waals surface area contributed by atoms with Gasteiger partial charge in [-0.3, -0.25) is 9.69 Å². The molecule has 27 heavy (non-hydrogen) atoms. The summed E-state index contributed by atoms with van der Waals surface area (Å²) in [7, 11) is 0. The van der Waals surface area contributed by atoms with Crippen LogP contribution in [0.15, 0.2) is 24.3 Å². The molecule has 0 aromatic heterocycles. The van der Waals surface area contributed by atoms with Crippen LogP contribution in [0.2, 0.25) is 0 Å². The van der Waals surface area contributed by atoms with Crippen molar-refractivity contribution in [2.24, 2.45) is 17.8 Å². The number of benzene rings is 1. The van der Waals surface area contributed by atoms with E-state index >= 15 is 0 Å². The van der Waals surface area contributed by atoms with Crippen LogP contribution in [0.5, 0.6) is 5.75 Å². The molecular formula is C23H38N2O2. The van der Waals surface area contributed by atoms with Gasteiger partial charge in [-0.15, -0.1) is 0 Å². The van der Waals surface area contributed by atoms with E-state index in [0.717, 1.165) is 50.9 Å². The molecule has 0 radical (unpaired) electrons. The van der Waals surface area contributed by atoms with E-state index in [0.29, 0.717) is 5.92 Å². The second-order valence-electron chi connectivity index (χ2n) is 8.77. The first-order valence-electron chi connectivity index (χ1n) is 10.7. The Kier molecular flexibility index (Phi) is 9.12. The molecule has 0 spiro atoms. The number of amides is 1. The predicted molar refractivity (Wildman–Crippen MR) is 112 cm³/mol. The lowest BCUT2D eigenvalue weighted by Gasteiger charge is -2.38. The quantitative estimate of drug-likeness (QED) is 0.548. The summed E-state index contributed by atoms with van der Waals surface area (Å²) in [5.41, 5.74) is 1.28. The maximum absolute atomic E-state index is 12.0. The third-order valence-corrected chi connectivity index (χ3v) is 5.04. The minimum atomic E-state index is 0.155. The number of hydrogen-bond donors (Lipinski definition) is 1. The Labute approximate surface area is 165 Å². The molecule has 1 aromatic carbocycles. The van der Waals surface area contributed by atoms with Gasteiger partial charge < -0.3 is 10.1 Å². The first-order chi connectivity index (χ1) is 12.9. The molecule has 1 aliphatic rings. The van der Waals surface area contributed by atoms with E-state index in [-0.39, 0.29) is 11.8 Å². The van der Waals surface area contributed by atoms with Gasteiger partial charge in [0, 0.05) is 26.2 Å². The molecular weight excluding hydrogens is 336 g/mol. The molecule has 1 aliphatic heterocycles. The maximum atomic E-state index is 12.0. The molecule has 0 saturated carbocycles. The van der Waals surface area contributed by atoms with E-state index in [1.807, 2.05) is 0 Å². The van der Waals surface area contributed by atoms with Crippen molar-refractivity contribution in [1.82, 2.24) is 10.2 Å². The summed E-state index contributed by atoms with van der Waals surface area (Å²) in [6, 6.07) is 8.41. The predicted octanol–water partition coefficient (Wildman–Crippen LogP) is 4.49. The summed E-state index contributed by atoms with van der Waals surface area (Å²) < 4.78 is 5.84. The van der Waals surface area contributed by atoms with E-state index in [9.17, 15) is 4.79 Å². The first kappa shape index (κ1) is 21.7. The first-order valence-corrected chi connectivity index (χ1v) is 10.7. The van der Waals surface area contributed by atoms with Gasteiger partial charge in [0.15, 0.2) is 0 Å². The van der Waals surface area contributed by atoms with Crippen molar-refractivity contribution >= 4 is 5.91 Å². The molecule has 1 saturated heterocycles. The fourth-order valence-corrected chi connectivity index (χ4v) is 3.28. The lowest BCUT2D eigenvalue weighted by Crippen LogP contribution is -2.53. The lowest BCUT2D eigenvalue weighted by atomic mass is 9.98.